The molecule has 0 radical (unpaired) electrons. The summed E-state index contributed by atoms with van der Waals surface area (Å²) in [7, 11) is 0. The van der Waals surface area contributed by atoms with Crippen LogP contribution < -0.4 is 9.47 Å². The molecule has 3 aliphatic heterocycles. The lowest BCUT2D eigenvalue weighted by atomic mass is 9.70. The summed E-state index contributed by atoms with van der Waals surface area (Å²) >= 11 is 6.28. The van der Waals surface area contributed by atoms with Crippen LogP contribution in [0, 0.1) is 5.92 Å². The van der Waals surface area contributed by atoms with E-state index < -0.39 is 0 Å². The van der Waals surface area contributed by atoms with Crippen molar-refractivity contribution in [3.63, 3.8) is 0 Å². The van der Waals surface area contributed by atoms with E-state index >= 15 is 0 Å². The van der Waals surface area contributed by atoms with Gasteiger partial charge >= 0.3 is 0 Å². The van der Waals surface area contributed by atoms with Gasteiger partial charge in [0.05, 0.1) is 12.7 Å². The summed E-state index contributed by atoms with van der Waals surface area (Å²) in [6, 6.07) is 14.1. The first-order valence-electron chi connectivity index (χ1n) is 11.3. The van der Waals surface area contributed by atoms with Crippen LogP contribution in [0.3, 0.4) is 0 Å². The third kappa shape index (κ3) is 4.29. The van der Waals surface area contributed by atoms with Gasteiger partial charge in [0, 0.05) is 55.6 Å². The van der Waals surface area contributed by atoms with Gasteiger partial charge in [0.1, 0.15) is 23.7 Å². The second-order valence-corrected chi connectivity index (χ2v) is 9.32. The highest BCUT2D eigenvalue weighted by atomic mass is 35.5. The van der Waals surface area contributed by atoms with E-state index in [4.69, 9.17) is 30.9 Å². The third-order valence-electron chi connectivity index (χ3n) is 6.96. The lowest BCUT2D eigenvalue weighted by Gasteiger charge is -2.53. The van der Waals surface area contributed by atoms with Crippen LogP contribution in [0.5, 0.6) is 11.5 Å². The summed E-state index contributed by atoms with van der Waals surface area (Å²) in [6.07, 6.45) is 4.32. The van der Waals surface area contributed by atoms with E-state index in [1.54, 1.807) is 0 Å². The van der Waals surface area contributed by atoms with Crippen LogP contribution in [0.25, 0.3) is 0 Å². The molecule has 0 bridgehead atoms. The maximum absolute atomic E-state index is 8.98. The van der Waals surface area contributed by atoms with E-state index in [1.807, 2.05) is 30.3 Å². The predicted molar refractivity (Wildman–Crippen MR) is 120 cm³/mol. The molecule has 3 heterocycles. The number of rotatable bonds is 5. The Bertz CT molecular complexity index is 912. The fourth-order valence-electron chi connectivity index (χ4n) is 5.47. The van der Waals surface area contributed by atoms with Crippen LogP contribution in [0.2, 0.25) is 5.02 Å². The molecule has 2 saturated heterocycles. The maximum Gasteiger partial charge on any atom is 0.126 e. The van der Waals surface area contributed by atoms with Gasteiger partial charge in [-0.2, -0.15) is 0 Å². The normalized spacial score (nSPS) is 24.8. The predicted octanol–water partition coefficient (Wildman–Crippen LogP) is 4.61. The Morgan fingerprint density at radius 3 is 2.87 bits per heavy atom. The van der Waals surface area contributed by atoms with Crippen LogP contribution in [0.1, 0.15) is 42.9 Å². The number of halogens is 1. The molecule has 2 aromatic rings. The fourth-order valence-corrected chi connectivity index (χ4v) is 5.65. The zero-order valence-electron chi connectivity index (χ0n) is 17.8. The number of hydrogen-bond acceptors (Lipinski definition) is 5. The molecule has 6 heteroatoms. The Morgan fingerprint density at radius 2 is 2.03 bits per heavy atom. The number of piperidine rings is 1. The molecule has 5 nitrogen and oxygen atoms in total. The fraction of sp³-hybridized carbons (Fsp3) is 0.520. The number of fused-ring (bicyclic) bond motifs is 4. The van der Waals surface area contributed by atoms with Crippen molar-refractivity contribution in [2.75, 3.05) is 32.9 Å². The number of aliphatic hydroxyl groups excluding tert-OH is 1. The van der Waals surface area contributed by atoms with Crippen molar-refractivity contribution in [2.45, 2.75) is 43.9 Å². The quantitative estimate of drug-likeness (QED) is 0.731. The number of ether oxygens (including phenoxy) is 3. The molecular formula is C25H30ClNO4. The first-order valence-corrected chi connectivity index (χ1v) is 11.7. The van der Waals surface area contributed by atoms with Gasteiger partial charge in [0.25, 0.3) is 0 Å². The Balaban J connectivity index is 1.29. The highest BCUT2D eigenvalue weighted by Crippen LogP contribution is 2.53. The molecule has 0 saturated carbocycles. The maximum atomic E-state index is 8.98. The first kappa shape index (κ1) is 21.1. The molecular weight excluding hydrogens is 414 g/mol. The Hall–Kier alpha value is -1.79. The molecule has 0 amide bonds. The van der Waals surface area contributed by atoms with Gasteiger partial charge in [-0.15, -0.1) is 0 Å². The molecule has 1 N–H and O–H groups in total. The number of hydrogen-bond donors (Lipinski definition) is 1. The minimum absolute atomic E-state index is 0.0274. The average molecular weight is 444 g/mol. The molecule has 0 aliphatic carbocycles. The second kappa shape index (κ2) is 8.99. The number of likely N-dealkylation sites (tertiary alicyclic amines) is 1. The van der Waals surface area contributed by atoms with Crippen molar-refractivity contribution < 1.29 is 19.3 Å². The summed E-state index contributed by atoms with van der Waals surface area (Å²) in [5, 5.41) is 9.72. The molecule has 1 spiro atoms. The van der Waals surface area contributed by atoms with Crippen LogP contribution in [-0.2, 0) is 11.3 Å². The standard InChI is InChI=1S/C25H30ClNO4/c26-19-6-7-23-21(16-19)24-22(5-2-13-30-24)25(31-23)8-10-27(11-9-25)17-18-3-1-4-20(15-18)29-14-12-28/h1,3-4,6-7,15-16,22,24,28H,2,5,8-14,17H2/t22-,24+/m0/s1. The van der Waals surface area contributed by atoms with Crippen molar-refractivity contribution in [3.8, 4) is 11.5 Å². The van der Waals surface area contributed by atoms with Crippen molar-refractivity contribution in [1.82, 2.24) is 4.90 Å². The monoisotopic (exact) mass is 443 g/mol. The van der Waals surface area contributed by atoms with Crippen LogP contribution >= 0.6 is 11.6 Å². The van der Waals surface area contributed by atoms with E-state index in [9.17, 15) is 0 Å². The third-order valence-corrected chi connectivity index (χ3v) is 7.19. The largest absolute Gasteiger partial charge is 0.491 e. The average Bonchev–Trinajstić information content (AvgIpc) is 2.80. The lowest BCUT2D eigenvalue weighted by Crippen LogP contribution is -2.57. The molecule has 2 aromatic carbocycles. The summed E-state index contributed by atoms with van der Waals surface area (Å²) in [5.74, 6) is 2.13. The highest BCUT2D eigenvalue weighted by Gasteiger charge is 2.52. The van der Waals surface area contributed by atoms with Gasteiger partial charge in [-0.3, -0.25) is 4.90 Å². The topological polar surface area (TPSA) is 51.2 Å². The van der Waals surface area contributed by atoms with Gasteiger partial charge in [-0.05, 0) is 48.7 Å². The van der Waals surface area contributed by atoms with Crippen LogP contribution in [0.4, 0.5) is 0 Å². The van der Waals surface area contributed by atoms with Crippen molar-refractivity contribution in [3.05, 3.63) is 58.6 Å². The second-order valence-electron chi connectivity index (χ2n) is 8.88. The minimum atomic E-state index is -0.158. The number of benzene rings is 2. The summed E-state index contributed by atoms with van der Waals surface area (Å²) in [4.78, 5) is 2.50. The zero-order chi connectivity index (χ0) is 21.3. The van der Waals surface area contributed by atoms with Gasteiger partial charge in [0.2, 0.25) is 0 Å². The molecule has 166 valence electrons. The van der Waals surface area contributed by atoms with E-state index in [-0.39, 0.29) is 18.3 Å². The molecule has 31 heavy (non-hydrogen) atoms. The van der Waals surface area contributed by atoms with E-state index in [1.165, 1.54) is 5.56 Å². The smallest absolute Gasteiger partial charge is 0.126 e. The molecule has 0 aromatic heterocycles. The molecule has 3 aliphatic rings. The summed E-state index contributed by atoms with van der Waals surface area (Å²) in [6.45, 7) is 4.04. The summed E-state index contributed by atoms with van der Waals surface area (Å²) in [5.41, 5.74) is 2.19. The van der Waals surface area contributed by atoms with Crippen LogP contribution in [-0.4, -0.2) is 48.5 Å². The SMILES string of the molecule is OCCOc1cccc(CN2CCC3(CC2)Oc2ccc(Cl)cc2[C@H]2OCCC[C@@H]23)c1. The number of aliphatic hydroxyl groups is 1. The van der Waals surface area contributed by atoms with Crippen molar-refractivity contribution in [2.24, 2.45) is 5.92 Å². The van der Waals surface area contributed by atoms with E-state index in [2.05, 4.69) is 17.0 Å². The Labute approximate surface area is 188 Å². The summed E-state index contributed by atoms with van der Waals surface area (Å²) < 4.78 is 18.6. The van der Waals surface area contributed by atoms with Gasteiger partial charge in [-0.1, -0.05) is 23.7 Å². The van der Waals surface area contributed by atoms with E-state index in [0.29, 0.717) is 12.5 Å². The minimum Gasteiger partial charge on any atom is -0.491 e. The molecule has 5 rings (SSSR count). The van der Waals surface area contributed by atoms with Gasteiger partial charge in [-0.25, -0.2) is 0 Å². The molecule has 0 unspecified atom stereocenters. The highest BCUT2D eigenvalue weighted by molar-refractivity contribution is 6.30. The van der Waals surface area contributed by atoms with Gasteiger partial charge in [0.15, 0.2) is 0 Å². The lowest BCUT2D eigenvalue weighted by molar-refractivity contribution is -0.150. The zero-order valence-corrected chi connectivity index (χ0v) is 18.5. The molecule has 2 fully saturated rings. The van der Waals surface area contributed by atoms with E-state index in [0.717, 1.165) is 74.0 Å². The number of nitrogens with zero attached hydrogens (tertiary/aromatic N) is 1. The Morgan fingerprint density at radius 1 is 1.16 bits per heavy atom. The van der Waals surface area contributed by atoms with Gasteiger partial charge < -0.3 is 19.3 Å². The van der Waals surface area contributed by atoms with Crippen LogP contribution in [0.15, 0.2) is 42.5 Å². The Kier molecular flexibility index (Phi) is 6.11. The molecule has 2 atom stereocenters. The van der Waals surface area contributed by atoms with Crippen molar-refractivity contribution >= 4 is 11.6 Å². The van der Waals surface area contributed by atoms with Crippen molar-refractivity contribution in [1.29, 1.82) is 0 Å². The first-order chi connectivity index (χ1) is 15.2.